The van der Waals surface area contributed by atoms with Crippen molar-refractivity contribution in [3.05, 3.63) is 49.1 Å². The predicted molar refractivity (Wildman–Crippen MR) is 81.5 cm³/mol. The fourth-order valence-electron chi connectivity index (χ4n) is 2.11. The third kappa shape index (κ3) is 2.59. The van der Waals surface area contributed by atoms with Gasteiger partial charge in [0.05, 0.1) is 5.69 Å². The molecule has 0 saturated heterocycles. The van der Waals surface area contributed by atoms with Crippen LogP contribution in [0.3, 0.4) is 0 Å². The van der Waals surface area contributed by atoms with Crippen molar-refractivity contribution in [2.45, 2.75) is 13.3 Å². The van der Waals surface area contributed by atoms with E-state index in [1.807, 2.05) is 18.3 Å². The number of fused-ring (bicyclic) bond motifs is 1. The van der Waals surface area contributed by atoms with Crippen molar-refractivity contribution < 1.29 is 0 Å². The molecule has 2 heterocycles. The van der Waals surface area contributed by atoms with Gasteiger partial charge in [0.15, 0.2) is 0 Å². The Balaban J connectivity index is 1.97. The predicted octanol–water partition coefficient (Wildman–Crippen LogP) is 3.51. The highest BCUT2D eigenvalue weighted by Crippen LogP contribution is 2.23. The maximum Gasteiger partial charge on any atom is 0.129 e. The molecule has 0 radical (unpaired) electrons. The average Bonchev–Trinajstić information content (AvgIpc) is 2.53. The van der Waals surface area contributed by atoms with Gasteiger partial charge >= 0.3 is 0 Å². The van der Waals surface area contributed by atoms with E-state index in [9.17, 15) is 0 Å². The molecular weight excluding hydrogens is 248 g/mol. The molecule has 0 fully saturated rings. The molecule has 0 aliphatic rings. The first-order chi connectivity index (χ1) is 9.86. The minimum atomic E-state index is 0.867. The molecule has 0 aliphatic heterocycles. The summed E-state index contributed by atoms with van der Waals surface area (Å²) < 4.78 is 0. The van der Waals surface area contributed by atoms with E-state index in [1.54, 1.807) is 12.5 Å². The van der Waals surface area contributed by atoms with Crippen LogP contribution >= 0.6 is 0 Å². The number of aromatic nitrogens is 3. The summed E-state index contributed by atoms with van der Waals surface area (Å²) in [4.78, 5) is 12.7. The second kappa shape index (κ2) is 5.65. The van der Waals surface area contributed by atoms with Gasteiger partial charge in [-0.05, 0) is 23.9 Å². The standard InChI is InChI=1S/C16H16N4/c1-2-6-18-16-9-15(19-11-20-16)13-3-4-14-10-17-7-5-12(14)8-13/h3-5,7-11H,2,6H2,1H3,(H,18,19,20). The van der Waals surface area contributed by atoms with Gasteiger partial charge in [0, 0.05) is 36.0 Å². The first-order valence-electron chi connectivity index (χ1n) is 6.77. The molecular formula is C16H16N4. The maximum absolute atomic E-state index is 4.36. The highest BCUT2D eigenvalue weighted by atomic mass is 15.0. The summed E-state index contributed by atoms with van der Waals surface area (Å²) in [5, 5.41) is 5.58. The van der Waals surface area contributed by atoms with Crippen LogP contribution in [0, 0.1) is 0 Å². The average molecular weight is 264 g/mol. The summed E-state index contributed by atoms with van der Waals surface area (Å²) in [5.41, 5.74) is 2.02. The maximum atomic E-state index is 4.36. The lowest BCUT2D eigenvalue weighted by molar-refractivity contribution is 0.965. The van der Waals surface area contributed by atoms with Gasteiger partial charge in [-0.2, -0.15) is 0 Å². The molecule has 4 heteroatoms. The quantitative estimate of drug-likeness (QED) is 0.783. The molecule has 0 atom stereocenters. The summed E-state index contributed by atoms with van der Waals surface area (Å²) in [7, 11) is 0. The minimum absolute atomic E-state index is 0.867. The highest BCUT2D eigenvalue weighted by Gasteiger charge is 2.03. The number of nitrogens with zero attached hydrogens (tertiary/aromatic N) is 3. The Morgan fingerprint density at radius 2 is 2.00 bits per heavy atom. The van der Waals surface area contributed by atoms with Crippen molar-refractivity contribution in [3.8, 4) is 11.3 Å². The Bertz CT molecular complexity index is 724. The van der Waals surface area contributed by atoms with E-state index in [4.69, 9.17) is 0 Å². The Labute approximate surface area is 117 Å². The summed E-state index contributed by atoms with van der Waals surface area (Å²) in [6.45, 7) is 3.05. The first-order valence-corrected chi connectivity index (χ1v) is 6.77. The number of rotatable bonds is 4. The summed E-state index contributed by atoms with van der Waals surface area (Å²) in [6, 6.07) is 10.3. The Morgan fingerprint density at radius 3 is 2.90 bits per heavy atom. The molecule has 3 rings (SSSR count). The lowest BCUT2D eigenvalue weighted by atomic mass is 10.1. The van der Waals surface area contributed by atoms with Gasteiger partial charge in [-0.3, -0.25) is 4.98 Å². The fourth-order valence-corrected chi connectivity index (χ4v) is 2.11. The fraction of sp³-hybridized carbons (Fsp3) is 0.188. The second-order valence-corrected chi connectivity index (χ2v) is 4.65. The number of hydrogen-bond donors (Lipinski definition) is 1. The molecule has 0 amide bonds. The molecule has 0 unspecified atom stereocenters. The summed E-state index contributed by atoms with van der Waals surface area (Å²) >= 11 is 0. The molecule has 100 valence electrons. The monoisotopic (exact) mass is 264 g/mol. The third-order valence-electron chi connectivity index (χ3n) is 3.16. The van der Waals surface area contributed by atoms with Crippen LogP contribution < -0.4 is 5.32 Å². The van der Waals surface area contributed by atoms with Gasteiger partial charge < -0.3 is 5.32 Å². The Kier molecular flexibility index (Phi) is 3.54. The molecule has 0 bridgehead atoms. The van der Waals surface area contributed by atoms with E-state index in [0.29, 0.717) is 0 Å². The lowest BCUT2D eigenvalue weighted by Crippen LogP contribution is -2.02. The number of anilines is 1. The van der Waals surface area contributed by atoms with E-state index in [-0.39, 0.29) is 0 Å². The van der Waals surface area contributed by atoms with E-state index in [0.717, 1.165) is 35.4 Å². The van der Waals surface area contributed by atoms with Gasteiger partial charge in [0.1, 0.15) is 12.1 Å². The van der Waals surface area contributed by atoms with Crippen molar-refractivity contribution in [2.24, 2.45) is 0 Å². The third-order valence-corrected chi connectivity index (χ3v) is 3.16. The van der Waals surface area contributed by atoms with Gasteiger partial charge in [-0.1, -0.05) is 19.1 Å². The number of hydrogen-bond acceptors (Lipinski definition) is 4. The van der Waals surface area contributed by atoms with Gasteiger partial charge in [-0.25, -0.2) is 9.97 Å². The zero-order valence-corrected chi connectivity index (χ0v) is 11.4. The van der Waals surface area contributed by atoms with Crippen LogP contribution in [0.15, 0.2) is 49.1 Å². The van der Waals surface area contributed by atoms with Crippen LogP contribution in [-0.4, -0.2) is 21.5 Å². The molecule has 0 aliphatic carbocycles. The zero-order valence-electron chi connectivity index (χ0n) is 11.4. The zero-order chi connectivity index (χ0) is 13.8. The van der Waals surface area contributed by atoms with Crippen molar-refractivity contribution in [1.29, 1.82) is 0 Å². The number of benzene rings is 1. The van der Waals surface area contributed by atoms with Crippen molar-refractivity contribution in [1.82, 2.24) is 15.0 Å². The number of nitrogens with one attached hydrogen (secondary N) is 1. The SMILES string of the molecule is CCCNc1cc(-c2ccc3cnccc3c2)ncn1. The van der Waals surface area contributed by atoms with E-state index < -0.39 is 0 Å². The Hall–Kier alpha value is -2.49. The van der Waals surface area contributed by atoms with Gasteiger partial charge in [-0.15, -0.1) is 0 Å². The molecule has 2 aromatic heterocycles. The van der Waals surface area contributed by atoms with Crippen LogP contribution in [0.2, 0.25) is 0 Å². The summed E-state index contributed by atoms with van der Waals surface area (Å²) in [6.07, 6.45) is 6.35. The topological polar surface area (TPSA) is 50.7 Å². The van der Waals surface area contributed by atoms with Gasteiger partial charge in [0.25, 0.3) is 0 Å². The molecule has 0 saturated carbocycles. The van der Waals surface area contributed by atoms with Crippen LogP contribution in [0.5, 0.6) is 0 Å². The van der Waals surface area contributed by atoms with E-state index in [2.05, 4.69) is 45.4 Å². The Morgan fingerprint density at radius 1 is 1.05 bits per heavy atom. The van der Waals surface area contributed by atoms with Crippen LogP contribution in [0.4, 0.5) is 5.82 Å². The molecule has 1 aromatic carbocycles. The van der Waals surface area contributed by atoms with Crippen molar-refractivity contribution in [2.75, 3.05) is 11.9 Å². The first kappa shape index (κ1) is 12.5. The molecule has 1 N–H and O–H groups in total. The smallest absolute Gasteiger partial charge is 0.129 e. The van der Waals surface area contributed by atoms with Crippen molar-refractivity contribution in [3.63, 3.8) is 0 Å². The van der Waals surface area contributed by atoms with E-state index in [1.165, 1.54) is 5.39 Å². The van der Waals surface area contributed by atoms with Crippen LogP contribution in [0.1, 0.15) is 13.3 Å². The molecule has 4 nitrogen and oxygen atoms in total. The van der Waals surface area contributed by atoms with Crippen LogP contribution in [-0.2, 0) is 0 Å². The van der Waals surface area contributed by atoms with Gasteiger partial charge in [0.2, 0.25) is 0 Å². The minimum Gasteiger partial charge on any atom is -0.370 e. The van der Waals surface area contributed by atoms with E-state index >= 15 is 0 Å². The molecule has 3 aromatic rings. The normalized spacial score (nSPS) is 10.7. The van der Waals surface area contributed by atoms with Crippen LogP contribution in [0.25, 0.3) is 22.0 Å². The van der Waals surface area contributed by atoms with Crippen molar-refractivity contribution >= 4 is 16.6 Å². The molecule has 0 spiro atoms. The second-order valence-electron chi connectivity index (χ2n) is 4.65. The highest BCUT2D eigenvalue weighted by molar-refractivity contribution is 5.86. The molecule has 20 heavy (non-hydrogen) atoms. The largest absolute Gasteiger partial charge is 0.370 e. The summed E-state index contributed by atoms with van der Waals surface area (Å²) in [5.74, 6) is 0.867. The lowest BCUT2D eigenvalue weighted by Gasteiger charge is -2.06. The number of pyridine rings is 1.